The van der Waals surface area contributed by atoms with Gasteiger partial charge in [-0.05, 0) is 87.6 Å². The zero-order chi connectivity index (χ0) is 40.7. The van der Waals surface area contributed by atoms with Crippen LogP contribution < -0.4 is 0 Å². The van der Waals surface area contributed by atoms with Gasteiger partial charge < -0.3 is 9.13 Å². The highest BCUT2D eigenvalue weighted by Gasteiger charge is 2.21. The van der Waals surface area contributed by atoms with Crippen molar-refractivity contribution >= 4 is 75.9 Å². The van der Waals surface area contributed by atoms with E-state index >= 15 is 0 Å². The van der Waals surface area contributed by atoms with Crippen LogP contribution in [-0.2, 0) is 0 Å². The van der Waals surface area contributed by atoms with Crippen LogP contribution >= 0.6 is 0 Å². The molecule has 0 atom stereocenters. The van der Waals surface area contributed by atoms with Crippen molar-refractivity contribution in [2.45, 2.75) is 0 Å². The second-order valence-corrected chi connectivity index (χ2v) is 16.1. The van der Waals surface area contributed by atoms with E-state index in [2.05, 4.69) is 203 Å². The minimum atomic E-state index is 0.634. The van der Waals surface area contributed by atoms with Crippen molar-refractivity contribution in [3.8, 4) is 45.5 Å². The molecule has 288 valence electrons. The second-order valence-electron chi connectivity index (χ2n) is 16.1. The molecule has 13 aromatic rings. The first kappa shape index (κ1) is 34.5. The first-order chi connectivity index (χ1) is 30.7. The fourth-order valence-corrected chi connectivity index (χ4v) is 9.56. The number of nitrogens with zero attached hydrogens (tertiary/aromatic N) is 5. The Bertz CT molecular complexity index is 3920. The molecule has 13 rings (SSSR count). The number of hydrogen-bond acceptors (Lipinski definition) is 3. The van der Waals surface area contributed by atoms with Gasteiger partial charge in [0.2, 0.25) is 0 Å². The van der Waals surface area contributed by atoms with Crippen molar-refractivity contribution in [2.24, 2.45) is 0 Å². The van der Waals surface area contributed by atoms with Crippen LogP contribution in [0.4, 0.5) is 0 Å². The van der Waals surface area contributed by atoms with Gasteiger partial charge in [0.15, 0.2) is 17.5 Å². The number of fused-ring (bicyclic) bond motifs is 9. The fourth-order valence-electron chi connectivity index (χ4n) is 9.56. The maximum Gasteiger partial charge on any atom is 0.164 e. The first-order valence-corrected chi connectivity index (χ1v) is 21.0. The van der Waals surface area contributed by atoms with Gasteiger partial charge in [-0.3, -0.25) is 0 Å². The molecule has 0 saturated carbocycles. The van der Waals surface area contributed by atoms with Crippen LogP contribution in [0.3, 0.4) is 0 Å². The van der Waals surface area contributed by atoms with Gasteiger partial charge in [-0.15, -0.1) is 0 Å². The van der Waals surface area contributed by atoms with Gasteiger partial charge in [0.05, 0.1) is 27.8 Å². The summed E-state index contributed by atoms with van der Waals surface area (Å²) in [7, 11) is 0. The Morgan fingerprint density at radius 1 is 0.258 bits per heavy atom. The number of hydrogen-bond donors (Lipinski definition) is 0. The molecule has 0 bridgehead atoms. The lowest BCUT2D eigenvalue weighted by Crippen LogP contribution is -2.00. The predicted octanol–water partition coefficient (Wildman–Crippen LogP) is 14.5. The molecule has 0 radical (unpaired) electrons. The average molecular weight is 790 g/mol. The zero-order valence-electron chi connectivity index (χ0n) is 33.4. The van der Waals surface area contributed by atoms with Crippen LogP contribution in [0.25, 0.3) is 121 Å². The van der Waals surface area contributed by atoms with Crippen LogP contribution in [0.5, 0.6) is 0 Å². The molecule has 0 aliphatic heterocycles. The lowest BCUT2D eigenvalue weighted by molar-refractivity contribution is 1.07. The summed E-state index contributed by atoms with van der Waals surface area (Å²) in [6.45, 7) is 0. The molecular weight excluding hydrogens is 755 g/mol. The molecular formula is C57H35N5. The Balaban J connectivity index is 1.02. The highest BCUT2D eigenvalue weighted by atomic mass is 15.0. The molecule has 0 fully saturated rings. The Morgan fingerprint density at radius 3 is 1.56 bits per heavy atom. The molecule has 0 N–H and O–H groups in total. The van der Waals surface area contributed by atoms with Crippen LogP contribution in [0, 0.1) is 0 Å². The normalized spacial score (nSPS) is 11.9. The van der Waals surface area contributed by atoms with E-state index in [0.29, 0.717) is 17.5 Å². The SMILES string of the molecule is c1ccc(-c2nc(-c3ccc4ccccc4c3)nc(-c3ccc4c(-n5c6ccccc6c6cc7c8cc9ccccc9cc8n(-c8ccccc8)c7cc65)cccc4c3)n2)cc1. The van der Waals surface area contributed by atoms with Gasteiger partial charge in [-0.25, -0.2) is 15.0 Å². The number of aromatic nitrogens is 5. The van der Waals surface area contributed by atoms with Crippen molar-refractivity contribution < 1.29 is 0 Å². The van der Waals surface area contributed by atoms with Crippen LogP contribution in [0.1, 0.15) is 0 Å². The summed E-state index contributed by atoms with van der Waals surface area (Å²) in [6.07, 6.45) is 0. The summed E-state index contributed by atoms with van der Waals surface area (Å²) < 4.78 is 4.88. The molecule has 0 amide bonds. The standard InChI is InChI=1S/C57H35N5/c1-3-15-37(16-4-1)55-58-56(42-27-26-36-14-7-8-17-38(36)30-42)60-57(59-55)43-28-29-45-41(31-43)20-13-25-50(45)62-51-24-12-11-23-46(51)48-34-49-47-32-39-18-9-10-19-40(39)33-52(47)61(53(49)35-54(48)62)44-21-5-2-6-22-44/h1-35H. The van der Waals surface area contributed by atoms with E-state index in [0.717, 1.165) is 55.3 Å². The fraction of sp³-hybridized carbons (Fsp3) is 0. The third kappa shape index (κ3) is 5.38. The van der Waals surface area contributed by atoms with E-state index in [1.165, 1.54) is 48.7 Å². The van der Waals surface area contributed by atoms with Crippen molar-refractivity contribution in [2.75, 3.05) is 0 Å². The maximum atomic E-state index is 5.14. The van der Waals surface area contributed by atoms with Gasteiger partial charge in [-0.1, -0.05) is 152 Å². The van der Waals surface area contributed by atoms with E-state index in [9.17, 15) is 0 Å². The highest BCUT2D eigenvalue weighted by Crippen LogP contribution is 2.42. The Hall–Kier alpha value is -8.41. The van der Waals surface area contributed by atoms with Crippen molar-refractivity contribution in [3.63, 3.8) is 0 Å². The zero-order valence-corrected chi connectivity index (χ0v) is 33.4. The lowest BCUT2D eigenvalue weighted by Gasteiger charge is -2.14. The molecule has 0 unspecified atom stereocenters. The smallest absolute Gasteiger partial charge is 0.164 e. The summed E-state index contributed by atoms with van der Waals surface area (Å²) in [6, 6.07) is 75.9. The third-order valence-electron chi connectivity index (χ3n) is 12.5. The van der Waals surface area contributed by atoms with E-state index in [4.69, 9.17) is 15.0 Å². The molecule has 3 aromatic heterocycles. The van der Waals surface area contributed by atoms with E-state index in [1.807, 2.05) is 18.2 Å². The topological polar surface area (TPSA) is 48.5 Å². The first-order valence-electron chi connectivity index (χ1n) is 21.0. The monoisotopic (exact) mass is 789 g/mol. The molecule has 0 aliphatic carbocycles. The molecule has 0 spiro atoms. The minimum Gasteiger partial charge on any atom is -0.309 e. The second kappa shape index (κ2) is 13.6. The molecule has 5 nitrogen and oxygen atoms in total. The quantitative estimate of drug-likeness (QED) is 0.174. The van der Waals surface area contributed by atoms with Gasteiger partial charge in [0.25, 0.3) is 0 Å². The molecule has 0 aliphatic rings. The lowest BCUT2D eigenvalue weighted by atomic mass is 10.0. The number of rotatable bonds is 5. The van der Waals surface area contributed by atoms with Crippen molar-refractivity contribution in [3.05, 3.63) is 212 Å². The maximum absolute atomic E-state index is 5.14. The Labute approximate surface area is 356 Å². The summed E-state index contributed by atoms with van der Waals surface area (Å²) in [4.78, 5) is 15.2. The predicted molar refractivity (Wildman–Crippen MR) is 257 cm³/mol. The minimum absolute atomic E-state index is 0.634. The van der Waals surface area contributed by atoms with E-state index in [1.54, 1.807) is 0 Å². The van der Waals surface area contributed by atoms with Crippen molar-refractivity contribution in [1.29, 1.82) is 0 Å². The van der Waals surface area contributed by atoms with Crippen molar-refractivity contribution in [1.82, 2.24) is 24.1 Å². The molecule has 10 aromatic carbocycles. The largest absolute Gasteiger partial charge is 0.309 e. The third-order valence-corrected chi connectivity index (χ3v) is 12.5. The van der Waals surface area contributed by atoms with Gasteiger partial charge in [-0.2, -0.15) is 0 Å². The average Bonchev–Trinajstić information content (AvgIpc) is 3.83. The van der Waals surface area contributed by atoms with Gasteiger partial charge >= 0.3 is 0 Å². The van der Waals surface area contributed by atoms with Crippen LogP contribution in [0.2, 0.25) is 0 Å². The summed E-state index contributed by atoms with van der Waals surface area (Å²) in [5, 5.41) is 12.0. The Morgan fingerprint density at radius 2 is 0.790 bits per heavy atom. The number of para-hydroxylation sites is 2. The summed E-state index contributed by atoms with van der Waals surface area (Å²) >= 11 is 0. The number of benzene rings is 10. The van der Waals surface area contributed by atoms with E-state index < -0.39 is 0 Å². The van der Waals surface area contributed by atoms with Gasteiger partial charge in [0, 0.05) is 49.3 Å². The molecule has 0 saturated heterocycles. The van der Waals surface area contributed by atoms with Crippen LogP contribution in [-0.4, -0.2) is 24.1 Å². The van der Waals surface area contributed by atoms with Crippen LogP contribution in [0.15, 0.2) is 212 Å². The van der Waals surface area contributed by atoms with Gasteiger partial charge in [0.1, 0.15) is 0 Å². The highest BCUT2D eigenvalue weighted by molar-refractivity contribution is 6.21. The van der Waals surface area contributed by atoms with E-state index in [-0.39, 0.29) is 0 Å². The summed E-state index contributed by atoms with van der Waals surface area (Å²) in [5.74, 6) is 1.92. The Kier molecular flexibility index (Phi) is 7.54. The summed E-state index contributed by atoms with van der Waals surface area (Å²) in [5.41, 5.74) is 9.78. The molecule has 5 heteroatoms. The molecule has 3 heterocycles. The molecule has 62 heavy (non-hydrogen) atoms.